The molecule has 0 fully saturated rings. The van der Waals surface area contributed by atoms with Gasteiger partial charge in [0.25, 0.3) is 0 Å². The third-order valence-electron chi connectivity index (χ3n) is 4.34. The molecule has 4 nitrogen and oxygen atoms in total. The molecule has 0 saturated carbocycles. The SMILES string of the molecule is CCNC1=CCC(=Nc2cc(C)c(NCC)cc2O)c2ccccc21. The molecule has 2 aromatic rings. The predicted molar refractivity (Wildman–Crippen MR) is 106 cm³/mol. The first-order valence-corrected chi connectivity index (χ1v) is 8.82. The van der Waals surface area contributed by atoms with Crippen LogP contribution >= 0.6 is 0 Å². The average Bonchev–Trinajstić information content (AvgIpc) is 2.61. The monoisotopic (exact) mass is 335 g/mol. The van der Waals surface area contributed by atoms with E-state index in [9.17, 15) is 5.11 Å². The summed E-state index contributed by atoms with van der Waals surface area (Å²) in [5.41, 5.74) is 7.05. The van der Waals surface area contributed by atoms with Crippen molar-refractivity contribution in [1.29, 1.82) is 0 Å². The van der Waals surface area contributed by atoms with Crippen molar-refractivity contribution in [3.63, 3.8) is 0 Å². The Morgan fingerprint density at radius 1 is 1.04 bits per heavy atom. The van der Waals surface area contributed by atoms with Gasteiger partial charge in [0.1, 0.15) is 11.4 Å². The van der Waals surface area contributed by atoms with Gasteiger partial charge in [0, 0.05) is 48.1 Å². The molecule has 0 radical (unpaired) electrons. The summed E-state index contributed by atoms with van der Waals surface area (Å²) in [6.07, 6.45) is 2.91. The molecule has 1 aliphatic carbocycles. The normalized spacial score (nSPS) is 14.8. The highest BCUT2D eigenvalue weighted by molar-refractivity contribution is 6.09. The summed E-state index contributed by atoms with van der Waals surface area (Å²) in [6, 6.07) is 12.0. The number of nitrogens with zero attached hydrogens (tertiary/aromatic N) is 1. The molecular weight excluding hydrogens is 310 g/mol. The van der Waals surface area contributed by atoms with Gasteiger partial charge >= 0.3 is 0 Å². The molecule has 130 valence electrons. The minimum absolute atomic E-state index is 0.202. The Labute approximate surface area is 149 Å². The van der Waals surface area contributed by atoms with Crippen molar-refractivity contribution in [2.75, 3.05) is 18.4 Å². The molecule has 0 bridgehead atoms. The van der Waals surface area contributed by atoms with Gasteiger partial charge in [-0.1, -0.05) is 30.3 Å². The highest BCUT2D eigenvalue weighted by Gasteiger charge is 2.17. The highest BCUT2D eigenvalue weighted by atomic mass is 16.3. The van der Waals surface area contributed by atoms with E-state index < -0.39 is 0 Å². The number of benzene rings is 2. The van der Waals surface area contributed by atoms with Crippen molar-refractivity contribution in [2.24, 2.45) is 4.99 Å². The van der Waals surface area contributed by atoms with Crippen LogP contribution in [0.4, 0.5) is 11.4 Å². The Morgan fingerprint density at radius 3 is 2.48 bits per heavy atom. The third kappa shape index (κ3) is 3.53. The smallest absolute Gasteiger partial charge is 0.143 e. The van der Waals surface area contributed by atoms with E-state index in [-0.39, 0.29) is 5.75 Å². The zero-order valence-electron chi connectivity index (χ0n) is 15.1. The number of allylic oxidation sites excluding steroid dienone is 1. The quantitative estimate of drug-likeness (QED) is 0.748. The number of phenols is 1. The molecule has 4 heteroatoms. The van der Waals surface area contributed by atoms with Gasteiger partial charge in [-0.25, -0.2) is 4.99 Å². The number of fused-ring (bicyclic) bond motifs is 1. The van der Waals surface area contributed by atoms with Gasteiger partial charge in [0.05, 0.1) is 5.71 Å². The molecule has 0 aromatic heterocycles. The molecule has 0 spiro atoms. The van der Waals surface area contributed by atoms with Crippen LogP contribution in [0.15, 0.2) is 47.5 Å². The lowest BCUT2D eigenvalue weighted by molar-refractivity contribution is 0.477. The van der Waals surface area contributed by atoms with Gasteiger partial charge in [-0.05, 0) is 32.4 Å². The first kappa shape index (κ1) is 17.1. The van der Waals surface area contributed by atoms with Gasteiger partial charge in [0.2, 0.25) is 0 Å². The maximum atomic E-state index is 10.4. The van der Waals surface area contributed by atoms with E-state index in [1.165, 1.54) is 0 Å². The highest BCUT2D eigenvalue weighted by Crippen LogP contribution is 2.34. The minimum atomic E-state index is 0.202. The molecule has 0 atom stereocenters. The predicted octanol–water partition coefficient (Wildman–Crippen LogP) is 4.61. The molecule has 0 amide bonds. The number of aliphatic imine (C=N–C) groups is 1. The van der Waals surface area contributed by atoms with Crippen LogP contribution in [0.3, 0.4) is 0 Å². The van der Waals surface area contributed by atoms with Gasteiger partial charge in [-0.3, -0.25) is 0 Å². The number of aryl methyl sites for hydroxylation is 1. The Bertz CT molecular complexity index is 837. The van der Waals surface area contributed by atoms with E-state index >= 15 is 0 Å². The van der Waals surface area contributed by atoms with Crippen LogP contribution in [-0.2, 0) is 0 Å². The number of nitrogens with one attached hydrogen (secondary N) is 2. The molecule has 0 heterocycles. The Hall–Kier alpha value is -2.75. The fourth-order valence-electron chi connectivity index (χ4n) is 3.15. The van der Waals surface area contributed by atoms with E-state index in [0.29, 0.717) is 5.69 Å². The average molecular weight is 335 g/mol. The number of aromatic hydroxyl groups is 1. The lowest BCUT2D eigenvalue weighted by Gasteiger charge is -2.20. The summed E-state index contributed by atoms with van der Waals surface area (Å²) in [5, 5.41) is 17.1. The van der Waals surface area contributed by atoms with Gasteiger partial charge in [0.15, 0.2) is 0 Å². The third-order valence-corrected chi connectivity index (χ3v) is 4.34. The number of hydrogen-bond acceptors (Lipinski definition) is 4. The topological polar surface area (TPSA) is 56.7 Å². The zero-order valence-corrected chi connectivity index (χ0v) is 15.1. The van der Waals surface area contributed by atoms with Crippen molar-refractivity contribution in [3.8, 4) is 5.75 Å². The molecule has 0 saturated heterocycles. The molecule has 0 unspecified atom stereocenters. The molecule has 25 heavy (non-hydrogen) atoms. The van der Waals surface area contributed by atoms with Crippen LogP contribution < -0.4 is 10.6 Å². The fraction of sp³-hybridized carbons (Fsp3) is 0.286. The molecule has 3 N–H and O–H groups in total. The molecule has 3 rings (SSSR count). The summed E-state index contributed by atoms with van der Waals surface area (Å²) in [7, 11) is 0. The van der Waals surface area contributed by atoms with E-state index in [1.54, 1.807) is 6.07 Å². The maximum absolute atomic E-state index is 10.4. The van der Waals surface area contributed by atoms with E-state index in [4.69, 9.17) is 4.99 Å². The molecule has 1 aliphatic rings. The van der Waals surface area contributed by atoms with E-state index in [2.05, 4.69) is 35.8 Å². The summed E-state index contributed by atoms with van der Waals surface area (Å²) < 4.78 is 0. The number of hydrogen-bond donors (Lipinski definition) is 3. The van der Waals surface area contributed by atoms with Crippen LogP contribution in [0.1, 0.15) is 37.0 Å². The van der Waals surface area contributed by atoms with Crippen LogP contribution in [0, 0.1) is 6.92 Å². The Kier molecular flexibility index (Phi) is 5.08. The van der Waals surface area contributed by atoms with Crippen LogP contribution in [-0.4, -0.2) is 23.9 Å². The van der Waals surface area contributed by atoms with E-state index in [0.717, 1.165) is 53.3 Å². The van der Waals surface area contributed by atoms with E-state index in [1.807, 2.05) is 32.0 Å². The number of phenolic OH excluding ortho intramolecular Hbond substituents is 1. The maximum Gasteiger partial charge on any atom is 0.143 e. The van der Waals surface area contributed by atoms with Crippen molar-refractivity contribution in [3.05, 3.63) is 59.2 Å². The molecule has 2 aromatic carbocycles. The number of rotatable bonds is 5. The summed E-state index contributed by atoms with van der Waals surface area (Å²) in [6.45, 7) is 7.87. The summed E-state index contributed by atoms with van der Waals surface area (Å²) in [4.78, 5) is 4.78. The Morgan fingerprint density at radius 2 is 1.76 bits per heavy atom. The molecule has 0 aliphatic heterocycles. The number of anilines is 1. The lowest BCUT2D eigenvalue weighted by Crippen LogP contribution is -2.18. The Balaban J connectivity index is 2.02. The van der Waals surface area contributed by atoms with Crippen molar-refractivity contribution in [2.45, 2.75) is 27.2 Å². The first-order valence-electron chi connectivity index (χ1n) is 8.82. The van der Waals surface area contributed by atoms with Gasteiger partial charge < -0.3 is 15.7 Å². The second-order valence-electron chi connectivity index (χ2n) is 6.14. The second kappa shape index (κ2) is 7.43. The fourth-order valence-corrected chi connectivity index (χ4v) is 3.15. The minimum Gasteiger partial charge on any atom is -0.506 e. The lowest BCUT2D eigenvalue weighted by atomic mass is 9.92. The standard InChI is InChI=1S/C21H25N3O/c1-4-22-17-10-11-18(16-9-7-6-8-15(16)17)24-20-12-14(3)19(23-5-2)13-21(20)25/h6-10,12-13,22-23,25H,4-5,11H2,1-3H3. The zero-order chi connectivity index (χ0) is 17.8. The van der Waals surface area contributed by atoms with Crippen LogP contribution in [0.25, 0.3) is 5.70 Å². The van der Waals surface area contributed by atoms with Gasteiger partial charge in [-0.2, -0.15) is 0 Å². The van der Waals surface area contributed by atoms with Crippen LogP contribution in [0.5, 0.6) is 5.75 Å². The van der Waals surface area contributed by atoms with Crippen molar-refractivity contribution < 1.29 is 5.11 Å². The van der Waals surface area contributed by atoms with Crippen LogP contribution in [0.2, 0.25) is 0 Å². The second-order valence-corrected chi connectivity index (χ2v) is 6.14. The van der Waals surface area contributed by atoms with Gasteiger partial charge in [-0.15, -0.1) is 0 Å². The van der Waals surface area contributed by atoms with Crippen molar-refractivity contribution >= 4 is 22.8 Å². The largest absolute Gasteiger partial charge is 0.506 e. The molecular formula is C21H25N3O. The summed E-state index contributed by atoms with van der Waals surface area (Å²) in [5.74, 6) is 0.202. The summed E-state index contributed by atoms with van der Waals surface area (Å²) >= 11 is 0. The first-order chi connectivity index (χ1) is 12.1. The van der Waals surface area contributed by atoms with Crippen molar-refractivity contribution in [1.82, 2.24) is 5.32 Å².